The van der Waals surface area contributed by atoms with Crippen LogP contribution in [-0.2, 0) is 4.79 Å². The lowest BCUT2D eigenvalue weighted by molar-refractivity contribution is -0.118. The summed E-state index contributed by atoms with van der Waals surface area (Å²) in [7, 11) is 0. The lowest BCUT2D eigenvalue weighted by Crippen LogP contribution is -2.20. The van der Waals surface area contributed by atoms with Crippen LogP contribution in [0.5, 0.6) is 5.75 Å². The van der Waals surface area contributed by atoms with Crippen LogP contribution in [0.15, 0.2) is 48.5 Å². The van der Waals surface area contributed by atoms with Crippen LogP contribution < -0.4 is 10.1 Å². The standard InChI is InChI=1S/C14H11ClFNO2/c15-12-7-6-11(8-13(12)16)19-9-14(18)17-10-4-2-1-3-5-10/h1-8H,9H2,(H,17,18). The Hall–Kier alpha value is -2.07. The smallest absolute Gasteiger partial charge is 0.262 e. The third-order valence-electron chi connectivity index (χ3n) is 2.32. The number of halogens is 2. The number of ether oxygens (including phenoxy) is 1. The lowest BCUT2D eigenvalue weighted by Gasteiger charge is -2.07. The summed E-state index contributed by atoms with van der Waals surface area (Å²) in [5, 5.41) is 2.67. The summed E-state index contributed by atoms with van der Waals surface area (Å²) in [5.41, 5.74) is 0.679. The predicted octanol–water partition coefficient (Wildman–Crippen LogP) is 3.50. The van der Waals surface area contributed by atoms with Gasteiger partial charge in [0.15, 0.2) is 6.61 Å². The fraction of sp³-hybridized carbons (Fsp3) is 0.0714. The minimum atomic E-state index is -0.581. The molecule has 0 heterocycles. The number of hydrogen-bond acceptors (Lipinski definition) is 2. The molecule has 1 amide bonds. The summed E-state index contributed by atoms with van der Waals surface area (Å²) in [6.07, 6.45) is 0. The van der Waals surface area contributed by atoms with Gasteiger partial charge in [-0.3, -0.25) is 4.79 Å². The minimum Gasteiger partial charge on any atom is -0.484 e. The van der Waals surface area contributed by atoms with Crippen molar-refractivity contribution in [2.45, 2.75) is 0 Å². The Balaban J connectivity index is 1.88. The van der Waals surface area contributed by atoms with Crippen LogP contribution in [0.2, 0.25) is 5.02 Å². The van der Waals surface area contributed by atoms with E-state index in [1.54, 1.807) is 12.1 Å². The molecule has 0 fully saturated rings. The largest absolute Gasteiger partial charge is 0.484 e. The first-order valence-corrected chi connectivity index (χ1v) is 5.96. The molecule has 2 aromatic rings. The van der Waals surface area contributed by atoms with Crippen molar-refractivity contribution in [3.8, 4) is 5.75 Å². The zero-order chi connectivity index (χ0) is 13.7. The van der Waals surface area contributed by atoms with Crippen LogP contribution in [0, 0.1) is 5.82 Å². The zero-order valence-corrected chi connectivity index (χ0v) is 10.7. The maximum atomic E-state index is 13.1. The predicted molar refractivity (Wildman–Crippen MR) is 72.0 cm³/mol. The van der Waals surface area contributed by atoms with Crippen molar-refractivity contribution in [2.75, 3.05) is 11.9 Å². The molecule has 0 radical (unpaired) electrons. The summed E-state index contributed by atoms with van der Waals surface area (Å²) in [6.45, 7) is -0.198. The van der Waals surface area contributed by atoms with Crippen LogP contribution in [0.3, 0.4) is 0 Å². The van der Waals surface area contributed by atoms with Gasteiger partial charge in [0.2, 0.25) is 0 Å². The number of benzene rings is 2. The summed E-state index contributed by atoms with van der Waals surface area (Å²) >= 11 is 5.54. The number of para-hydroxylation sites is 1. The average molecular weight is 280 g/mol. The second kappa shape index (κ2) is 6.20. The molecule has 0 aliphatic carbocycles. The van der Waals surface area contributed by atoms with Crippen LogP contribution in [0.1, 0.15) is 0 Å². The molecule has 0 aromatic heterocycles. The van der Waals surface area contributed by atoms with Gasteiger partial charge in [-0.05, 0) is 24.3 Å². The number of anilines is 1. The minimum absolute atomic E-state index is 0.0149. The van der Waals surface area contributed by atoms with Gasteiger partial charge in [-0.15, -0.1) is 0 Å². The number of rotatable bonds is 4. The maximum absolute atomic E-state index is 13.1. The van der Waals surface area contributed by atoms with Gasteiger partial charge in [0, 0.05) is 11.8 Å². The van der Waals surface area contributed by atoms with Crippen molar-refractivity contribution in [3.63, 3.8) is 0 Å². The normalized spacial score (nSPS) is 10.0. The number of hydrogen-bond donors (Lipinski definition) is 1. The first kappa shape index (κ1) is 13.4. The van der Waals surface area contributed by atoms with Gasteiger partial charge in [-0.1, -0.05) is 29.8 Å². The molecule has 0 spiro atoms. The average Bonchev–Trinajstić information content (AvgIpc) is 2.41. The molecule has 5 heteroatoms. The van der Waals surface area contributed by atoms with Gasteiger partial charge in [0.25, 0.3) is 5.91 Å². The highest BCUT2D eigenvalue weighted by Crippen LogP contribution is 2.20. The van der Waals surface area contributed by atoms with Gasteiger partial charge in [-0.25, -0.2) is 4.39 Å². The summed E-state index contributed by atoms with van der Waals surface area (Å²) < 4.78 is 18.3. The van der Waals surface area contributed by atoms with Crippen molar-refractivity contribution >= 4 is 23.2 Å². The first-order valence-electron chi connectivity index (χ1n) is 5.58. The van der Waals surface area contributed by atoms with E-state index in [1.807, 2.05) is 18.2 Å². The van der Waals surface area contributed by atoms with Crippen LogP contribution in [-0.4, -0.2) is 12.5 Å². The summed E-state index contributed by atoms with van der Waals surface area (Å²) in [6, 6.07) is 13.0. The number of nitrogens with one attached hydrogen (secondary N) is 1. The van der Waals surface area contributed by atoms with Crippen LogP contribution >= 0.6 is 11.6 Å². The second-order valence-electron chi connectivity index (χ2n) is 3.78. The first-order chi connectivity index (χ1) is 9.15. The van der Waals surface area contributed by atoms with E-state index < -0.39 is 5.82 Å². The summed E-state index contributed by atoms with van der Waals surface area (Å²) in [4.78, 5) is 11.6. The Kier molecular flexibility index (Phi) is 4.36. The fourth-order valence-corrected chi connectivity index (χ4v) is 1.55. The van der Waals surface area contributed by atoms with Crippen molar-refractivity contribution in [2.24, 2.45) is 0 Å². The fourth-order valence-electron chi connectivity index (χ4n) is 1.43. The van der Waals surface area contributed by atoms with Gasteiger partial charge in [-0.2, -0.15) is 0 Å². The molecular weight excluding hydrogens is 269 g/mol. The van der Waals surface area contributed by atoms with Gasteiger partial charge in [0.1, 0.15) is 11.6 Å². The molecule has 0 aliphatic rings. The number of carbonyl (C=O) groups is 1. The van der Waals surface area contributed by atoms with Crippen molar-refractivity contribution < 1.29 is 13.9 Å². The zero-order valence-electron chi connectivity index (χ0n) is 9.90. The molecular formula is C14H11ClFNO2. The van der Waals surface area contributed by atoms with E-state index in [4.69, 9.17) is 16.3 Å². The highest BCUT2D eigenvalue weighted by Gasteiger charge is 2.05. The van der Waals surface area contributed by atoms with Crippen molar-refractivity contribution in [1.29, 1.82) is 0 Å². The molecule has 0 saturated carbocycles. The van der Waals surface area contributed by atoms with E-state index in [-0.39, 0.29) is 23.3 Å². The van der Waals surface area contributed by atoms with E-state index in [1.165, 1.54) is 12.1 Å². The molecule has 98 valence electrons. The van der Waals surface area contributed by atoms with Crippen molar-refractivity contribution in [1.82, 2.24) is 0 Å². The van der Waals surface area contributed by atoms with Gasteiger partial charge >= 0.3 is 0 Å². The van der Waals surface area contributed by atoms with E-state index in [9.17, 15) is 9.18 Å². The number of carbonyl (C=O) groups excluding carboxylic acids is 1. The molecule has 2 aromatic carbocycles. The lowest BCUT2D eigenvalue weighted by atomic mass is 10.3. The van der Waals surface area contributed by atoms with Gasteiger partial charge in [0.05, 0.1) is 5.02 Å². The Bertz CT molecular complexity index is 575. The Morgan fingerprint density at radius 2 is 1.95 bits per heavy atom. The molecule has 19 heavy (non-hydrogen) atoms. The molecule has 0 saturated heterocycles. The monoisotopic (exact) mass is 279 g/mol. The Morgan fingerprint density at radius 1 is 1.21 bits per heavy atom. The highest BCUT2D eigenvalue weighted by atomic mass is 35.5. The Labute approximate surface area is 115 Å². The Morgan fingerprint density at radius 3 is 2.63 bits per heavy atom. The highest BCUT2D eigenvalue weighted by molar-refractivity contribution is 6.30. The third kappa shape index (κ3) is 3.96. The third-order valence-corrected chi connectivity index (χ3v) is 2.63. The van der Waals surface area contributed by atoms with E-state index in [2.05, 4.69) is 5.32 Å². The van der Waals surface area contributed by atoms with Crippen molar-refractivity contribution in [3.05, 3.63) is 59.4 Å². The number of amides is 1. The SMILES string of the molecule is O=C(COc1ccc(Cl)c(F)c1)Nc1ccccc1. The van der Waals surface area contributed by atoms with E-state index in [0.717, 1.165) is 6.07 Å². The maximum Gasteiger partial charge on any atom is 0.262 e. The molecule has 0 atom stereocenters. The molecule has 3 nitrogen and oxygen atoms in total. The van der Waals surface area contributed by atoms with Gasteiger partial charge < -0.3 is 10.1 Å². The quantitative estimate of drug-likeness (QED) is 0.930. The van der Waals surface area contributed by atoms with Crippen LogP contribution in [0.4, 0.5) is 10.1 Å². The summed E-state index contributed by atoms with van der Waals surface area (Å²) in [5.74, 6) is -0.644. The molecule has 2 rings (SSSR count). The van der Waals surface area contributed by atoms with Crippen LogP contribution in [0.25, 0.3) is 0 Å². The molecule has 0 unspecified atom stereocenters. The molecule has 0 aliphatic heterocycles. The van der Waals surface area contributed by atoms with E-state index >= 15 is 0 Å². The van der Waals surface area contributed by atoms with E-state index in [0.29, 0.717) is 5.69 Å². The molecule has 0 bridgehead atoms. The second-order valence-corrected chi connectivity index (χ2v) is 4.19. The molecule has 1 N–H and O–H groups in total. The topological polar surface area (TPSA) is 38.3 Å².